The van der Waals surface area contributed by atoms with Crippen LogP contribution in [0.4, 0.5) is 5.69 Å². The van der Waals surface area contributed by atoms with Gasteiger partial charge in [0.2, 0.25) is 0 Å². The molecule has 3 aromatic rings. The summed E-state index contributed by atoms with van der Waals surface area (Å²) in [6.45, 7) is 4.30. The van der Waals surface area contributed by atoms with Crippen LogP contribution < -0.4 is 4.80 Å². The molecule has 1 amide bonds. The molecular weight excluding hydrogens is 430 g/mol. The highest BCUT2D eigenvalue weighted by atomic mass is 79.9. The van der Waals surface area contributed by atoms with Crippen molar-refractivity contribution in [3.8, 4) is 0 Å². The normalized spacial score (nSPS) is 12.0. The molecule has 0 aliphatic heterocycles. The number of thiazole rings is 1. The summed E-state index contributed by atoms with van der Waals surface area (Å²) in [5.74, 6) is -0.406. The fourth-order valence-corrected chi connectivity index (χ4v) is 4.04. The number of hydrogen-bond donors (Lipinski definition) is 0. The Morgan fingerprint density at radius 2 is 2.04 bits per heavy atom. The van der Waals surface area contributed by atoms with Crippen molar-refractivity contribution in [2.45, 2.75) is 6.54 Å². The number of carbonyl (C=O) groups excluding carboxylic acids is 1. The molecule has 6 nitrogen and oxygen atoms in total. The van der Waals surface area contributed by atoms with Crippen molar-refractivity contribution in [1.82, 2.24) is 4.57 Å². The van der Waals surface area contributed by atoms with Crippen LogP contribution >= 0.6 is 27.3 Å². The van der Waals surface area contributed by atoms with Gasteiger partial charge in [0, 0.05) is 29.2 Å². The number of rotatable bonds is 5. The number of amides is 1. The number of nitrogens with zero attached hydrogens (tertiary/aromatic N) is 3. The van der Waals surface area contributed by atoms with Crippen molar-refractivity contribution in [2.75, 3.05) is 0 Å². The monoisotopic (exact) mass is 443 g/mol. The van der Waals surface area contributed by atoms with Gasteiger partial charge in [0.15, 0.2) is 4.80 Å². The van der Waals surface area contributed by atoms with Crippen molar-refractivity contribution in [1.29, 1.82) is 0 Å². The number of aromatic nitrogens is 1. The predicted molar refractivity (Wildman–Crippen MR) is 110 cm³/mol. The zero-order chi connectivity index (χ0) is 19.4. The van der Waals surface area contributed by atoms with Crippen molar-refractivity contribution >= 4 is 55.2 Å². The molecule has 0 unspecified atom stereocenters. The zero-order valence-corrected chi connectivity index (χ0v) is 16.4. The maximum atomic E-state index is 12.3. The van der Waals surface area contributed by atoms with Crippen LogP contribution in [0.25, 0.3) is 16.3 Å². The minimum Gasteiger partial charge on any atom is -0.312 e. The molecule has 2 aromatic carbocycles. The van der Waals surface area contributed by atoms with Crippen molar-refractivity contribution < 1.29 is 9.72 Å². The molecule has 27 heavy (non-hydrogen) atoms. The third kappa shape index (κ3) is 4.47. The molecule has 1 aromatic heterocycles. The molecule has 0 bridgehead atoms. The third-order valence-electron chi connectivity index (χ3n) is 3.68. The average molecular weight is 444 g/mol. The quantitative estimate of drug-likeness (QED) is 0.248. The molecule has 0 N–H and O–H groups in total. The van der Waals surface area contributed by atoms with Crippen molar-refractivity contribution in [3.63, 3.8) is 0 Å². The molecule has 0 radical (unpaired) electrons. The second-order valence-electron chi connectivity index (χ2n) is 5.53. The van der Waals surface area contributed by atoms with E-state index in [0.717, 1.165) is 14.7 Å². The van der Waals surface area contributed by atoms with Crippen LogP contribution in [0.1, 0.15) is 5.56 Å². The maximum absolute atomic E-state index is 12.3. The Kier molecular flexibility index (Phi) is 5.78. The van der Waals surface area contributed by atoms with Crippen LogP contribution in [0.2, 0.25) is 0 Å². The Bertz CT molecular complexity index is 1130. The van der Waals surface area contributed by atoms with E-state index in [0.29, 0.717) is 16.9 Å². The largest absolute Gasteiger partial charge is 0.312 e. The van der Waals surface area contributed by atoms with Gasteiger partial charge in [-0.25, -0.2) is 0 Å². The summed E-state index contributed by atoms with van der Waals surface area (Å²) < 4.78 is 3.90. The summed E-state index contributed by atoms with van der Waals surface area (Å²) in [6, 6.07) is 11.8. The van der Waals surface area contributed by atoms with Gasteiger partial charge in [0.1, 0.15) is 0 Å². The van der Waals surface area contributed by atoms with E-state index in [2.05, 4.69) is 27.5 Å². The first kappa shape index (κ1) is 18.9. The van der Waals surface area contributed by atoms with Crippen molar-refractivity contribution in [2.24, 2.45) is 4.99 Å². The van der Waals surface area contributed by atoms with Gasteiger partial charge in [-0.2, -0.15) is 4.99 Å². The first-order valence-corrected chi connectivity index (χ1v) is 9.50. The molecule has 0 saturated heterocycles. The van der Waals surface area contributed by atoms with Crippen molar-refractivity contribution in [3.05, 3.63) is 86.1 Å². The standard InChI is InChI=1S/C19H14BrN3O3S/c1-2-11-22-16-9-6-14(20)12-17(16)27-19(22)21-18(24)10-5-13-3-7-15(8-4-13)23(25)26/h2-10,12H,1,11H2/b10-5-,21-19?. The van der Waals surface area contributed by atoms with E-state index < -0.39 is 10.8 Å². The van der Waals surface area contributed by atoms with E-state index in [-0.39, 0.29) is 5.69 Å². The summed E-state index contributed by atoms with van der Waals surface area (Å²) in [4.78, 5) is 27.2. The molecule has 3 rings (SSSR count). The van der Waals surface area contributed by atoms with Gasteiger partial charge in [-0.15, -0.1) is 6.58 Å². The summed E-state index contributed by atoms with van der Waals surface area (Å²) >= 11 is 4.87. The van der Waals surface area contributed by atoms with E-state index >= 15 is 0 Å². The molecule has 1 heterocycles. The van der Waals surface area contributed by atoms with Gasteiger partial charge in [-0.1, -0.05) is 33.3 Å². The van der Waals surface area contributed by atoms with Gasteiger partial charge < -0.3 is 4.57 Å². The molecule has 0 atom stereocenters. The van der Waals surface area contributed by atoms with Crippen LogP contribution in [-0.2, 0) is 11.3 Å². The second-order valence-corrected chi connectivity index (χ2v) is 7.45. The molecule has 8 heteroatoms. The smallest absolute Gasteiger partial charge is 0.272 e. The highest BCUT2D eigenvalue weighted by Gasteiger charge is 2.07. The highest BCUT2D eigenvalue weighted by Crippen LogP contribution is 2.22. The van der Waals surface area contributed by atoms with E-state index in [1.165, 1.54) is 29.5 Å². The minimum atomic E-state index is -0.466. The Labute approximate surface area is 167 Å². The minimum absolute atomic E-state index is 0.00469. The molecule has 0 fully saturated rings. The summed E-state index contributed by atoms with van der Waals surface area (Å²) in [5.41, 5.74) is 1.67. The first-order chi connectivity index (χ1) is 13.0. The lowest BCUT2D eigenvalue weighted by Gasteiger charge is -2.00. The van der Waals surface area contributed by atoms with Gasteiger partial charge in [-0.05, 0) is 42.0 Å². The van der Waals surface area contributed by atoms with Gasteiger partial charge >= 0.3 is 0 Å². The fourth-order valence-electron chi connectivity index (χ4n) is 2.44. The number of carbonyl (C=O) groups is 1. The topological polar surface area (TPSA) is 77.5 Å². The lowest BCUT2D eigenvalue weighted by molar-refractivity contribution is -0.384. The lowest BCUT2D eigenvalue weighted by atomic mass is 10.2. The van der Waals surface area contributed by atoms with Gasteiger partial charge in [0.25, 0.3) is 11.6 Å². The number of nitro groups is 1. The van der Waals surface area contributed by atoms with Crippen LogP contribution in [0.3, 0.4) is 0 Å². The Balaban J connectivity index is 1.91. The molecule has 0 aliphatic rings. The van der Waals surface area contributed by atoms with Gasteiger partial charge in [0.05, 0.1) is 15.1 Å². The molecular formula is C19H14BrN3O3S. The van der Waals surface area contributed by atoms with Crippen LogP contribution in [0.15, 0.2) is 70.7 Å². The number of fused-ring (bicyclic) bond motifs is 1. The van der Waals surface area contributed by atoms with Crippen LogP contribution in [0, 0.1) is 10.1 Å². The average Bonchev–Trinajstić information content (AvgIpc) is 2.97. The van der Waals surface area contributed by atoms with Crippen LogP contribution in [0.5, 0.6) is 0 Å². The molecule has 0 spiro atoms. The maximum Gasteiger partial charge on any atom is 0.272 e. The molecule has 0 aliphatic carbocycles. The number of hydrogen-bond acceptors (Lipinski definition) is 4. The second kappa shape index (κ2) is 8.24. The van der Waals surface area contributed by atoms with E-state index in [4.69, 9.17) is 0 Å². The molecule has 136 valence electrons. The first-order valence-electron chi connectivity index (χ1n) is 7.89. The summed E-state index contributed by atoms with van der Waals surface area (Å²) in [5, 5.41) is 10.7. The zero-order valence-electron chi connectivity index (χ0n) is 14.0. The van der Waals surface area contributed by atoms with E-state index in [1.54, 1.807) is 24.3 Å². The Morgan fingerprint density at radius 1 is 1.30 bits per heavy atom. The fraction of sp³-hybridized carbons (Fsp3) is 0.0526. The highest BCUT2D eigenvalue weighted by molar-refractivity contribution is 9.10. The third-order valence-corrected chi connectivity index (χ3v) is 5.22. The van der Waals surface area contributed by atoms with E-state index in [1.807, 2.05) is 22.8 Å². The Morgan fingerprint density at radius 3 is 2.70 bits per heavy atom. The predicted octanol–water partition coefficient (Wildman–Crippen LogP) is 4.70. The number of allylic oxidation sites excluding steroid dienone is 1. The van der Waals surface area contributed by atoms with Crippen LogP contribution in [-0.4, -0.2) is 15.4 Å². The molecule has 0 saturated carbocycles. The van der Waals surface area contributed by atoms with Gasteiger partial charge in [-0.3, -0.25) is 14.9 Å². The summed E-state index contributed by atoms with van der Waals surface area (Å²) in [7, 11) is 0. The number of nitro benzene ring substituents is 1. The Hall–Kier alpha value is -2.84. The van der Waals surface area contributed by atoms with E-state index in [9.17, 15) is 14.9 Å². The lowest BCUT2D eigenvalue weighted by Crippen LogP contribution is -2.15. The summed E-state index contributed by atoms with van der Waals surface area (Å²) in [6.07, 6.45) is 4.68. The number of halogens is 1. The number of non-ortho nitro benzene ring substituents is 1. The SMILES string of the molecule is C=CCn1c(=NC(=O)/C=C\c2ccc([N+](=O)[O-])cc2)sc2cc(Br)ccc21. The number of benzene rings is 2.